The van der Waals surface area contributed by atoms with Gasteiger partial charge in [-0.3, -0.25) is 9.48 Å². The molecule has 1 aliphatic rings. The summed E-state index contributed by atoms with van der Waals surface area (Å²) in [7, 11) is 0. The lowest BCUT2D eigenvalue weighted by Gasteiger charge is -2.25. The highest BCUT2D eigenvalue weighted by molar-refractivity contribution is 5.80. The molecular weight excluding hydrogens is 329 g/mol. The first-order valence-corrected chi connectivity index (χ1v) is 9.44. The molecule has 0 N–H and O–H groups in total. The van der Waals surface area contributed by atoms with Crippen molar-refractivity contribution < 1.29 is 9.18 Å². The van der Waals surface area contributed by atoms with Crippen LogP contribution in [0.1, 0.15) is 55.2 Å². The highest BCUT2D eigenvalue weighted by Gasteiger charge is 2.30. The van der Waals surface area contributed by atoms with Crippen LogP contribution in [0.15, 0.2) is 24.3 Å². The zero-order chi connectivity index (χ0) is 18.8. The van der Waals surface area contributed by atoms with Crippen molar-refractivity contribution in [1.29, 1.82) is 0 Å². The molecule has 0 radical (unpaired) electrons. The van der Waals surface area contributed by atoms with Gasteiger partial charge in [-0.2, -0.15) is 5.10 Å². The quantitative estimate of drug-likeness (QED) is 0.804. The second-order valence-electron chi connectivity index (χ2n) is 7.70. The van der Waals surface area contributed by atoms with Gasteiger partial charge in [0.1, 0.15) is 5.82 Å². The van der Waals surface area contributed by atoms with E-state index in [1.165, 1.54) is 12.1 Å². The summed E-state index contributed by atoms with van der Waals surface area (Å²) >= 11 is 0. The van der Waals surface area contributed by atoms with Crippen LogP contribution in [0.5, 0.6) is 0 Å². The van der Waals surface area contributed by atoms with Gasteiger partial charge >= 0.3 is 0 Å². The number of halogens is 1. The Bertz CT molecular complexity index is 779. The number of hydrogen-bond donors (Lipinski definition) is 0. The number of nitrogens with zero attached hydrogens (tertiary/aromatic N) is 3. The Morgan fingerprint density at radius 1 is 1.27 bits per heavy atom. The van der Waals surface area contributed by atoms with Crippen molar-refractivity contribution in [3.63, 3.8) is 0 Å². The number of likely N-dealkylation sites (tertiary alicyclic amines) is 1. The van der Waals surface area contributed by atoms with Gasteiger partial charge in [0.05, 0.1) is 18.2 Å². The Morgan fingerprint density at radius 3 is 2.62 bits per heavy atom. The maximum absolute atomic E-state index is 13.2. The van der Waals surface area contributed by atoms with Crippen molar-refractivity contribution >= 4 is 5.91 Å². The first-order chi connectivity index (χ1) is 12.4. The average Bonchev–Trinajstić information content (AvgIpc) is 3.16. The second kappa shape index (κ2) is 7.60. The SMILES string of the molecule is Cc1nn(CC(C)C)c(C)c1CC(=O)N1CCCC1c1ccc(F)cc1. The van der Waals surface area contributed by atoms with Crippen LogP contribution in [-0.4, -0.2) is 27.1 Å². The Hall–Kier alpha value is -2.17. The molecule has 26 heavy (non-hydrogen) atoms. The van der Waals surface area contributed by atoms with E-state index in [0.717, 1.165) is 48.4 Å². The number of aryl methyl sites for hydroxylation is 1. The largest absolute Gasteiger partial charge is 0.335 e. The van der Waals surface area contributed by atoms with Crippen LogP contribution in [0, 0.1) is 25.6 Å². The molecule has 3 rings (SSSR count). The van der Waals surface area contributed by atoms with Crippen LogP contribution in [0.3, 0.4) is 0 Å². The van der Waals surface area contributed by atoms with Crippen molar-refractivity contribution in [3.8, 4) is 0 Å². The Kier molecular flexibility index (Phi) is 5.44. The second-order valence-corrected chi connectivity index (χ2v) is 7.70. The lowest BCUT2D eigenvalue weighted by molar-refractivity contribution is -0.131. The van der Waals surface area contributed by atoms with E-state index in [0.29, 0.717) is 12.3 Å². The van der Waals surface area contributed by atoms with Gasteiger partial charge in [0.15, 0.2) is 0 Å². The first-order valence-electron chi connectivity index (χ1n) is 9.44. The van der Waals surface area contributed by atoms with E-state index in [1.807, 2.05) is 23.4 Å². The summed E-state index contributed by atoms with van der Waals surface area (Å²) < 4.78 is 15.2. The fourth-order valence-electron chi connectivity index (χ4n) is 3.86. The number of carbonyl (C=O) groups is 1. The van der Waals surface area contributed by atoms with Gasteiger partial charge in [-0.25, -0.2) is 4.39 Å². The van der Waals surface area contributed by atoms with Gasteiger partial charge in [0.2, 0.25) is 5.91 Å². The standard InChI is InChI=1S/C21H28FN3O/c1-14(2)13-25-16(4)19(15(3)23-25)12-21(26)24-11-5-6-20(24)17-7-9-18(22)10-8-17/h7-10,14,20H,5-6,11-13H2,1-4H3. The molecule has 1 amide bonds. The molecule has 1 fully saturated rings. The molecule has 0 aliphatic carbocycles. The highest BCUT2D eigenvalue weighted by atomic mass is 19.1. The zero-order valence-corrected chi connectivity index (χ0v) is 16.1. The third kappa shape index (κ3) is 3.81. The number of carbonyl (C=O) groups excluding carboxylic acids is 1. The molecule has 0 bridgehead atoms. The molecule has 1 saturated heterocycles. The number of amides is 1. The molecule has 1 aromatic heterocycles. The number of hydrogen-bond acceptors (Lipinski definition) is 2. The third-order valence-corrected chi connectivity index (χ3v) is 5.23. The predicted molar refractivity (Wildman–Crippen MR) is 100 cm³/mol. The summed E-state index contributed by atoms with van der Waals surface area (Å²) in [6, 6.07) is 6.58. The molecule has 2 heterocycles. The molecule has 4 nitrogen and oxygen atoms in total. The van der Waals surface area contributed by atoms with Gasteiger partial charge < -0.3 is 4.90 Å². The molecule has 0 spiro atoms. The lowest BCUT2D eigenvalue weighted by atomic mass is 10.0. The van der Waals surface area contributed by atoms with E-state index in [9.17, 15) is 9.18 Å². The van der Waals surface area contributed by atoms with Gasteiger partial charge in [-0.15, -0.1) is 0 Å². The van der Waals surface area contributed by atoms with Crippen LogP contribution in [0.4, 0.5) is 4.39 Å². The van der Waals surface area contributed by atoms with Crippen molar-refractivity contribution in [1.82, 2.24) is 14.7 Å². The van der Waals surface area contributed by atoms with Crippen molar-refractivity contribution in [2.75, 3.05) is 6.54 Å². The molecule has 1 unspecified atom stereocenters. The number of rotatable bonds is 5. The third-order valence-electron chi connectivity index (χ3n) is 5.23. The number of aromatic nitrogens is 2. The predicted octanol–water partition coefficient (Wildman–Crippen LogP) is 4.20. The molecule has 1 aliphatic heterocycles. The molecule has 1 aromatic carbocycles. The molecular formula is C21H28FN3O. The topological polar surface area (TPSA) is 38.1 Å². The molecule has 2 aromatic rings. The van der Waals surface area contributed by atoms with Gasteiger partial charge in [-0.05, 0) is 50.3 Å². The minimum Gasteiger partial charge on any atom is -0.335 e. The monoisotopic (exact) mass is 357 g/mol. The summed E-state index contributed by atoms with van der Waals surface area (Å²) in [4.78, 5) is 15.0. The molecule has 1 atom stereocenters. The van der Waals surface area contributed by atoms with E-state index in [2.05, 4.69) is 18.9 Å². The Balaban J connectivity index is 1.77. The normalized spacial score (nSPS) is 17.3. The Morgan fingerprint density at radius 2 is 1.96 bits per heavy atom. The zero-order valence-electron chi connectivity index (χ0n) is 16.1. The summed E-state index contributed by atoms with van der Waals surface area (Å²) in [5.74, 6) is 0.401. The van der Waals surface area contributed by atoms with Gasteiger partial charge in [-0.1, -0.05) is 26.0 Å². The summed E-state index contributed by atoms with van der Waals surface area (Å²) in [6.07, 6.45) is 2.30. The van der Waals surface area contributed by atoms with Gasteiger partial charge in [0, 0.05) is 24.3 Å². The highest BCUT2D eigenvalue weighted by Crippen LogP contribution is 2.32. The minimum absolute atomic E-state index is 0.0504. The van der Waals surface area contributed by atoms with E-state index in [-0.39, 0.29) is 17.8 Å². The molecule has 5 heteroatoms. The first kappa shape index (κ1) is 18.6. The lowest BCUT2D eigenvalue weighted by Crippen LogP contribution is -2.32. The van der Waals surface area contributed by atoms with E-state index >= 15 is 0 Å². The average molecular weight is 357 g/mol. The van der Waals surface area contributed by atoms with Crippen molar-refractivity contribution in [2.45, 2.75) is 59.5 Å². The maximum atomic E-state index is 13.2. The van der Waals surface area contributed by atoms with Crippen LogP contribution in [0.25, 0.3) is 0 Å². The van der Waals surface area contributed by atoms with Gasteiger partial charge in [0.25, 0.3) is 0 Å². The maximum Gasteiger partial charge on any atom is 0.227 e. The minimum atomic E-state index is -0.242. The molecule has 140 valence electrons. The van der Waals surface area contributed by atoms with Crippen LogP contribution < -0.4 is 0 Å². The van der Waals surface area contributed by atoms with Crippen molar-refractivity contribution in [3.05, 3.63) is 52.6 Å². The smallest absolute Gasteiger partial charge is 0.227 e. The van der Waals surface area contributed by atoms with Crippen LogP contribution in [0.2, 0.25) is 0 Å². The number of benzene rings is 1. The van der Waals surface area contributed by atoms with Crippen molar-refractivity contribution in [2.24, 2.45) is 5.92 Å². The van der Waals surface area contributed by atoms with E-state index in [1.54, 1.807) is 12.1 Å². The Labute approximate surface area is 155 Å². The fraction of sp³-hybridized carbons (Fsp3) is 0.524. The summed E-state index contributed by atoms with van der Waals surface area (Å²) in [6.45, 7) is 9.99. The van der Waals surface area contributed by atoms with E-state index < -0.39 is 0 Å². The summed E-state index contributed by atoms with van der Waals surface area (Å²) in [5.41, 5.74) is 4.08. The fourth-order valence-corrected chi connectivity index (χ4v) is 3.86. The van der Waals surface area contributed by atoms with Crippen LogP contribution in [-0.2, 0) is 17.8 Å². The van der Waals surface area contributed by atoms with Crippen LogP contribution >= 0.6 is 0 Å². The molecule has 0 saturated carbocycles. The summed E-state index contributed by atoms with van der Waals surface area (Å²) in [5, 5.41) is 4.62. The van der Waals surface area contributed by atoms with E-state index in [4.69, 9.17) is 0 Å².